The highest BCUT2D eigenvalue weighted by molar-refractivity contribution is 6.31. The van der Waals surface area contributed by atoms with E-state index in [-0.39, 0.29) is 12.2 Å². The van der Waals surface area contributed by atoms with Crippen LogP contribution in [0, 0.1) is 0 Å². The van der Waals surface area contributed by atoms with E-state index >= 15 is 0 Å². The minimum absolute atomic E-state index is 0.193. The molecule has 1 atom stereocenters. The second-order valence-electron chi connectivity index (χ2n) is 6.66. The highest BCUT2D eigenvalue weighted by atomic mass is 35.5. The Kier molecular flexibility index (Phi) is 7.22. The molecule has 1 unspecified atom stereocenters. The van der Waals surface area contributed by atoms with Crippen LogP contribution in [0.5, 0.6) is 0 Å². The number of aromatic amines is 1. The molecule has 2 aromatic heterocycles. The van der Waals surface area contributed by atoms with Gasteiger partial charge in [0.05, 0.1) is 36.4 Å². The molecule has 0 amide bonds. The number of aliphatic hydroxyl groups is 1. The Hall–Kier alpha value is -2.19. The van der Waals surface area contributed by atoms with E-state index in [0.717, 1.165) is 13.0 Å². The van der Waals surface area contributed by atoms with E-state index in [9.17, 15) is 9.90 Å². The van der Waals surface area contributed by atoms with Gasteiger partial charge in [-0.2, -0.15) is 0 Å². The number of halogens is 1. The van der Waals surface area contributed by atoms with E-state index < -0.39 is 6.10 Å². The first-order chi connectivity index (χ1) is 13.5. The van der Waals surface area contributed by atoms with Crippen molar-refractivity contribution >= 4 is 22.5 Å². The average molecular weight is 406 g/mol. The van der Waals surface area contributed by atoms with Crippen LogP contribution in [0.25, 0.3) is 10.9 Å². The Morgan fingerprint density at radius 3 is 3.00 bits per heavy atom. The Labute approximate surface area is 167 Å². The van der Waals surface area contributed by atoms with Crippen LogP contribution in [0.1, 0.15) is 24.9 Å². The van der Waals surface area contributed by atoms with Crippen molar-refractivity contribution < 1.29 is 14.3 Å². The van der Waals surface area contributed by atoms with Crippen LogP contribution < -0.4 is 5.56 Å². The van der Waals surface area contributed by atoms with Crippen LogP contribution in [-0.4, -0.2) is 45.8 Å². The Morgan fingerprint density at radius 1 is 1.39 bits per heavy atom. The summed E-state index contributed by atoms with van der Waals surface area (Å²) >= 11 is 6.02. The van der Waals surface area contributed by atoms with Gasteiger partial charge < -0.3 is 19.2 Å². The predicted molar refractivity (Wildman–Crippen MR) is 107 cm³/mol. The van der Waals surface area contributed by atoms with E-state index in [1.165, 1.54) is 0 Å². The number of aromatic nitrogens is 2. The zero-order valence-corrected chi connectivity index (χ0v) is 16.5. The quantitative estimate of drug-likeness (QED) is 0.538. The number of nitrogens with one attached hydrogen (secondary N) is 1. The van der Waals surface area contributed by atoms with Crippen LogP contribution in [0.15, 0.2) is 45.8 Å². The van der Waals surface area contributed by atoms with Gasteiger partial charge in [-0.3, -0.25) is 9.69 Å². The summed E-state index contributed by atoms with van der Waals surface area (Å²) in [6.07, 6.45) is 1.83. The molecular formula is C20H24ClN3O4. The number of aliphatic hydroxyl groups excluding tert-OH is 1. The lowest BCUT2D eigenvalue weighted by Gasteiger charge is -2.24. The zero-order chi connectivity index (χ0) is 19.9. The number of H-pyrrole nitrogens is 1. The molecule has 0 saturated carbocycles. The van der Waals surface area contributed by atoms with Gasteiger partial charge in [-0.25, -0.2) is 4.98 Å². The van der Waals surface area contributed by atoms with E-state index in [4.69, 9.17) is 20.8 Å². The molecule has 8 heteroatoms. The molecule has 0 aliphatic carbocycles. The van der Waals surface area contributed by atoms with Gasteiger partial charge in [-0.1, -0.05) is 18.5 Å². The third kappa shape index (κ3) is 5.65. The van der Waals surface area contributed by atoms with Gasteiger partial charge in [0.15, 0.2) is 0 Å². The van der Waals surface area contributed by atoms with E-state index in [0.29, 0.717) is 47.2 Å². The topological polar surface area (TPSA) is 91.6 Å². The number of furan rings is 1. The normalized spacial score (nSPS) is 12.7. The monoisotopic (exact) mass is 405 g/mol. The molecule has 0 bridgehead atoms. The van der Waals surface area contributed by atoms with Crippen LogP contribution in [-0.2, 0) is 17.9 Å². The molecule has 2 N–H and O–H groups in total. The maximum absolute atomic E-state index is 12.3. The fraction of sp³-hybridized carbons (Fsp3) is 0.400. The molecule has 2 heterocycles. The zero-order valence-electron chi connectivity index (χ0n) is 15.7. The average Bonchev–Trinajstić information content (AvgIpc) is 3.15. The van der Waals surface area contributed by atoms with Crippen molar-refractivity contribution in [1.29, 1.82) is 0 Å². The standard InChI is InChI=1S/C20H24ClN3O4/c1-2-7-24(10-15(25)12-27-13-16-4-3-8-28-16)11-19-22-18-9-14(21)5-6-17(18)20(26)23-19/h3-6,8-9,15,25H,2,7,10-13H2,1H3,(H,22,23,26). The smallest absolute Gasteiger partial charge is 0.258 e. The molecule has 3 rings (SSSR count). The number of nitrogens with zero attached hydrogens (tertiary/aromatic N) is 2. The summed E-state index contributed by atoms with van der Waals surface area (Å²) in [7, 11) is 0. The Balaban J connectivity index is 1.62. The minimum Gasteiger partial charge on any atom is -0.467 e. The van der Waals surface area contributed by atoms with Gasteiger partial charge in [0, 0.05) is 11.6 Å². The van der Waals surface area contributed by atoms with Crippen LogP contribution in [0.2, 0.25) is 5.02 Å². The molecule has 0 fully saturated rings. The van der Waals surface area contributed by atoms with Gasteiger partial charge in [0.25, 0.3) is 5.56 Å². The highest BCUT2D eigenvalue weighted by Crippen LogP contribution is 2.15. The number of hydrogen-bond acceptors (Lipinski definition) is 6. The molecule has 0 aliphatic rings. The molecule has 0 spiro atoms. The van der Waals surface area contributed by atoms with Crippen LogP contribution in [0.4, 0.5) is 0 Å². The first-order valence-corrected chi connectivity index (χ1v) is 9.62. The molecule has 0 saturated heterocycles. The molecule has 7 nitrogen and oxygen atoms in total. The predicted octanol–water partition coefficient (Wildman–Crippen LogP) is 2.96. The summed E-state index contributed by atoms with van der Waals surface area (Å²) < 4.78 is 10.7. The van der Waals surface area contributed by atoms with E-state index in [1.807, 2.05) is 11.0 Å². The lowest BCUT2D eigenvalue weighted by atomic mass is 10.2. The third-order valence-corrected chi connectivity index (χ3v) is 4.47. The molecule has 0 radical (unpaired) electrons. The number of benzene rings is 1. The first-order valence-electron chi connectivity index (χ1n) is 9.24. The van der Waals surface area contributed by atoms with E-state index in [2.05, 4.69) is 16.9 Å². The van der Waals surface area contributed by atoms with Gasteiger partial charge >= 0.3 is 0 Å². The summed E-state index contributed by atoms with van der Waals surface area (Å²) in [5.41, 5.74) is 0.362. The third-order valence-electron chi connectivity index (χ3n) is 4.23. The van der Waals surface area contributed by atoms with Crippen LogP contribution in [0.3, 0.4) is 0 Å². The lowest BCUT2D eigenvalue weighted by Crippen LogP contribution is -2.36. The van der Waals surface area contributed by atoms with Crippen LogP contribution >= 0.6 is 11.6 Å². The van der Waals surface area contributed by atoms with Crippen molar-refractivity contribution in [2.75, 3.05) is 19.7 Å². The van der Waals surface area contributed by atoms with Crippen molar-refractivity contribution in [2.24, 2.45) is 0 Å². The Bertz CT molecular complexity index is 942. The Morgan fingerprint density at radius 2 is 2.25 bits per heavy atom. The number of rotatable bonds is 10. The summed E-state index contributed by atoms with van der Waals surface area (Å²) in [4.78, 5) is 21.7. The largest absolute Gasteiger partial charge is 0.467 e. The fourth-order valence-corrected chi connectivity index (χ4v) is 3.21. The summed E-state index contributed by atoms with van der Waals surface area (Å²) in [6, 6.07) is 8.63. The van der Waals surface area contributed by atoms with Crippen molar-refractivity contribution in [3.05, 3.63) is 63.6 Å². The van der Waals surface area contributed by atoms with Crippen molar-refractivity contribution in [3.63, 3.8) is 0 Å². The SMILES string of the molecule is CCCN(Cc1nc2cc(Cl)ccc2c(=O)[nH]1)CC(O)COCc1ccco1. The maximum Gasteiger partial charge on any atom is 0.258 e. The number of hydrogen-bond donors (Lipinski definition) is 2. The number of fused-ring (bicyclic) bond motifs is 1. The number of ether oxygens (including phenoxy) is 1. The van der Waals surface area contributed by atoms with Crippen molar-refractivity contribution in [3.8, 4) is 0 Å². The van der Waals surface area contributed by atoms with Gasteiger partial charge in [0.1, 0.15) is 18.2 Å². The fourth-order valence-electron chi connectivity index (χ4n) is 3.04. The van der Waals surface area contributed by atoms with Gasteiger partial charge in [-0.15, -0.1) is 0 Å². The molecular weight excluding hydrogens is 382 g/mol. The van der Waals surface area contributed by atoms with Gasteiger partial charge in [-0.05, 0) is 43.3 Å². The highest BCUT2D eigenvalue weighted by Gasteiger charge is 2.14. The molecule has 150 valence electrons. The summed E-state index contributed by atoms with van der Waals surface area (Å²) in [5, 5.41) is 11.3. The molecule has 28 heavy (non-hydrogen) atoms. The minimum atomic E-state index is -0.664. The lowest BCUT2D eigenvalue weighted by molar-refractivity contribution is 0.00353. The molecule has 0 aliphatic heterocycles. The van der Waals surface area contributed by atoms with Crippen molar-refractivity contribution in [2.45, 2.75) is 32.6 Å². The second-order valence-corrected chi connectivity index (χ2v) is 7.09. The van der Waals surface area contributed by atoms with E-state index in [1.54, 1.807) is 30.5 Å². The van der Waals surface area contributed by atoms with Gasteiger partial charge in [0.2, 0.25) is 0 Å². The molecule has 1 aromatic carbocycles. The summed E-state index contributed by atoms with van der Waals surface area (Å²) in [6.45, 7) is 4.15. The summed E-state index contributed by atoms with van der Waals surface area (Å²) in [5.74, 6) is 1.26. The molecule has 3 aromatic rings. The first kappa shape index (κ1) is 20.5. The second kappa shape index (κ2) is 9.84. The van der Waals surface area contributed by atoms with Crippen molar-refractivity contribution in [1.82, 2.24) is 14.9 Å². The maximum atomic E-state index is 12.3.